The van der Waals surface area contributed by atoms with E-state index in [9.17, 15) is 13.6 Å². The lowest BCUT2D eigenvalue weighted by Gasteiger charge is -2.30. The maximum atomic E-state index is 13.0. The van der Waals surface area contributed by atoms with E-state index >= 15 is 0 Å². The van der Waals surface area contributed by atoms with E-state index in [0.29, 0.717) is 29.7 Å². The summed E-state index contributed by atoms with van der Waals surface area (Å²) in [6.45, 7) is -0.873. The molecule has 38 heavy (non-hydrogen) atoms. The second-order valence-corrected chi connectivity index (χ2v) is 10.4. The molecule has 200 valence electrons. The maximum absolute atomic E-state index is 13.0. The first-order chi connectivity index (χ1) is 18.5. The van der Waals surface area contributed by atoms with Crippen molar-refractivity contribution in [1.29, 1.82) is 0 Å². The number of anilines is 1. The quantitative estimate of drug-likeness (QED) is 0.378. The van der Waals surface area contributed by atoms with Gasteiger partial charge in [0.05, 0.1) is 18.3 Å². The molecule has 3 heterocycles. The molecule has 1 aliphatic heterocycles. The Morgan fingerprint density at radius 3 is 2.66 bits per heavy atom. The van der Waals surface area contributed by atoms with Gasteiger partial charge >= 0.3 is 12.6 Å². The second kappa shape index (κ2) is 10.3. The number of para-hydroxylation sites is 1. The summed E-state index contributed by atoms with van der Waals surface area (Å²) in [6.07, 6.45) is 6.40. The van der Waals surface area contributed by atoms with Crippen molar-refractivity contribution in [3.8, 4) is 17.0 Å². The number of nitrogens with zero attached hydrogens (tertiary/aromatic N) is 3. The molecule has 6 rings (SSSR count). The lowest BCUT2D eigenvalue weighted by molar-refractivity contribution is -0.0494. The normalized spacial score (nSPS) is 23.0. The van der Waals surface area contributed by atoms with E-state index in [1.807, 2.05) is 0 Å². The minimum Gasteiger partial charge on any atom is -0.478 e. The number of benzene rings is 1. The Kier molecular flexibility index (Phi) is 6.73. The Balaban J connectivity index is 1.14. The highest BCUT2D eigenvalue weighted by Crippen LogP contribution is 2.46. The highest BCUT2D eigenvalue weighted by atomic mass is 19.3. The number of aromatic carboxylic acids is 1. The summed E-state index contributed by atoms with van der Waals surface area (Å²) in [5, 5.41) is 13.4. The van der Waals surface area contributed by atoms with Gasteiger partial charge in [-0.25, -0.2) is 9.78 Å². The van der Waals surface area contributed by atoms with Crippen LogP contribution in [-0.2, 0) is 11.3 Å². The summed E-state index contributed by atoms with van der Waals surface area (Å²) < 4.78 is 42.9. The minimum atomic E-state index is -2.93. The van der Waals surface area contributed by atoms with Gasteiger partial charge in [-0.15, -0.1) is 0 Å². The van der Waals surface area contributed by atoms with Crippen molar-refractivity contribution in [2.75, 3.05) is 18.0 Å². The van der Waals surface area contributed by atoms with Gasteiger partial charge in [0.2, 0.25) is 0 Å². The van der Waals surface area contributed by atoms with Crippen LogP contribution in [0.25, 0.3) is 11.3 Å². The van der Waals surface area contributed by atoms with E-state index < -0.39 is 12.6 Å². The molecule has 2 aromatic heterocycles. The zero-order chi connectivity index (χ0) is 26.2. The van der Waals surface area contributed by atoms with Crippen molar-refractivity contribution in [3.05, 3.63) is 59.5 Å². The Bertz CT molecular complexity index is 1290. The number of aromatic nitrogens is 2. The summed E-state index contributed by atoms with van der Waals surface area (Å²) in [4.78, 5) is 17.7. The molecule has 3 aliphatic rings. The molecule has 1 unspecified atom stereocenters. The largest absolute Gasteiger partial charge is 0.478 e. The minimum absolute atomic E-state index is 0.0657. The Morgan fingerprint density at radius 2 is 1.92 bits per heavy atom. The summed E-state index contributed by atoms with van der Waals surface area (Å²) in [6, 6.07) is 10.0. The smallest absolute Gasteiger partial charge is 0.387 e. The second-order valence-electron chi connectivity index (χ2n) is 10.4. The van der Waals surface area contributed by atoms with Crippen molar-refractivity contribution in [1.82, 2.24) is 10.1 Å². The van der Waals surface area contributed by atoms with Crippen molar-refractivity contribution in [2.45, 2.75) is 57.3 Å². The Hall–Kier alpha value is -3.53. The number of halogens is 2. The van der Waals surface area contributed by atoms with Gasteiger partial charge in [0.15, 0.2) is 0 Å². The van der Waals surface area contributed by atoms with Crippen LogP contribution in [0.2, 0.25) is 0 Å². The average Bonchev–Trinajstić information content (AvgIpc) is 3.53. The van der Waals surface area contributed by atoms with Crippen LogP contribution in [0, 0.1) is 11.8 Å². The summed E-state index contributed by atoms with van der Waals surface area (Å²) in [5.41, 5.74) is 1.97. The van der Waals surface area contributed by atoms with Crippen LogP contribution in [0.15, 0.2) is 47.1 Å². The van der Waals surface area contributed by atoms with Gasteiger partial charge in [0.25, 0.3) is 0 Å². The predicted molar refractivity (Wildman–Crippen MR) is 133 cm³/mol. The van der Waals surface area contributed by atoms with Crippen molar-refractivity contribution in [2.24, 2.45) is 11.8 Å². The number of fused-ring (bicyclic) bond motifs is 1. The molecule has 0 amide bonds. The standard InChI is InChI=1S/C28H29F2N3O5/c29-28(30)37-23-4-2-1-3-21(23)25-22(26(38-32-25)16-5-6-16)15-36-20-9-7-18-13-33(14-19(18)11-20)24-10-8-17(12-31-24)27(34)35/h1-4,8,10,12,16,18-20,28H,5-7,9,11,13-15H2,(H,34,35)/t18-,19+,20?/m0/s1. The SMILES string of the molecule is O=C(O)c1ccc(N2C[C@H]3CC(OCc4c(-c5ccccc5OC(F)F)noc4C4CC4)CC[C@H]3C2)nc1. The fraction of sp³-hybridized carbons (Fsp3) is 0.464. The van der Waals surface area contributed by atoms with Gasteiger partial charge in [0, 0.05) is 36.3 Å². The third-order valence-electron chi connectivity index (χ3n) is 7.91. The lowest BCUT2D eigenvalue weighted by Crippen LogP contribution is -2.28. The first-order valence-corrected chi connectivity index (χ1v) is 13.0. The van der Waals surface area contributed by atoms with Crippen LogP contribution in [0.1, 0.15) is 59.7 Å². The van der Waals surface area contributed by atoms with E-state index in [-0.39, 0.29) is 23.3 Å². The Labute approximate surface area is 218 Å². The van der Waals surface area contributed by atoms with Crippen LogP contribution in [0.4, 0.5) is 14.6 Å². The number of rotatable bonds is 9. The number of carbonyl (C=O) groups is 1. The van der Waals surface area contributed by atoms with Gasteiger partial charge in [-0.05, 0) is 68.2 Å². The zero-order valence-electron chi connectivity index (χ0n) is 20.8. The molecular weight excluding hydrogens is 496 g/mol. The fourth-order valence-corrected chi connectivity index (χ4v) is 5.83. The monoisotopic (exact) mass is 525 g/mol. The molecule has 0 bridgehead atoms. The van der Waals surface area contributed by atoms with Crippen molar-refractivity contribution < 1.29 is 32.7 Å². The molecule has 0 radical (unpaired) electrons. The molecule has 3 atom stereocenters. The third-order valence-corrected chi connectivity index (χ3v) is 7.91. The van der Waals surface area contributed by atoms with Crippen molar-refractivity contribution in [3.63, 3.8) is 0 Å². The lowest BCUT2D eigenvalue weighted by atomic mass is 9.80. The summed E-state index contributed by atoms with van der Waals surface area (Å²) >= 11 is 0. The number of hydrogen-bond donors (Lipinski definition) is 1. The molecule has 2 aliphatic carbocycles. The fourth-order valence-electron chi connectivity index (χ4n) is 5.83. The summed E-state index contributed by atoms with van der Waals surface area (Å²) in [5.74, 6) is 1.96. The number of carboxylic acids is 1. The van der Waals surface area contributed by atoms with Gasteiger partial charge in [-0.2, -0.15) is 8.78 Å². The van der Waals surface area contributed by atoms with Crippen LogP contribution < -0.4 is 9.64 Å². The molecular formula is C28H29F2N3O5. The first-order valence-electron chi connectivity index (χ1n) is 13.0. The highest BCUT2D eigenvalue weighted by molar-refractivity contribution is 5.87. The van der Waals surface area contributed by atoms with E-state index in [0.717, 1.165) is 62.3 Å². The molecule has 3 aromatic rings. The van der Waals surface area contributed by atoms with Crippen molar-refractivity contribution >= 4 is 11.8 Å². The third kappa shape index (κ3) is 5.09. The zero-order valence-corrected chi connectivity index (χ0v) is 20.8. The van der Waals surface area contributed by atoms with E-state index in [1.54, 1.807) is 30.3 Å². The molecule has 3 fully saturated rings. The maximum Gasteiger partial charge on any atom is 0.387 e. The van der Waals surface area contributed by atoms with Gasteiger partial charge in [-0.3, -0.25) is 0 Å². The van der Waals surface area contributed by atoms with Crippen LogP contribution in [0.5, 0.6) is 5.75 Å². The molecule has 10 heteroatoms. The molecule has 1 saturated heterocycles. The Morgan fingerprint density at radius 1 is 1.11 bits per heavy atom. The van der Waals surface area contributed by atoms with E-state index in [1.165, 1.54) is 12.3 Å². The van der Waals surface area contributed by atoms with Crippen LogP contribution in [-0.4, -0.2) is 47.0 Å². The number of ether oxygens (including phenoxy) is 2. The first kappa shape index (κ1) is 24.8. The van der Waals surface area contributed by atoms with Gasteiger partial charge in [0.1, 0.15) is 23.0 Å². The van der Waals surface area contributed by atoms with Gasteiger partial charge < -0.3 is 24.0 Å². The number of carboxylic acid groups (broad SMARTS) is 1. The molecule has 8 nitrogen and oxygen atoms in total. The number of alkyl halides is 2. The highest BCUT2D eigenvalue weighted by Gasteiger charge is 2.39. The van der Waals surface area contributed by atoms with E-state index in [2.05, 4.69) is 15.0 Å². The van der Waals surface area contributed by atoms with Crippen LogP contribution in [0.3, 0.4) is 0 Å². The number of pyridine rings is 1. The van der Waals surface area contributed by atoms with Crippen LogP contribution >= 0.6 is 0 Å². The molecule has 1 aromatic carbocycles. The summed E-state index contributed by atoms with van der Waals surface area (Å²) in [7, 11) is 0. The molecule has 2 saturated carbocycles. The van der Waals surface area contributed by atoms with E-state index in [4.69, 9.17) is 19.1 Å². The number of hydrogen-bond acceptors (Lipinski definition) is 7. The van der Waals surface area contributed by atoms with Gasteiger partial charge in [-0.1, -0.05) is 17.3 Å². The topological polar surface area (TPSA) is 97.9 Å². The molecule has 1 N–H and O–H groups in total. The predicted octanol–water partition coefficient (Wildman–Crippen LogP) is 5.74. The molecule has 0 spiro atoms. The average molecular weight is 526 g/mol.